The summed E-state index contributed by atoms with van der Waals surface area (Å²) in [5.41, 5.74) is 1.82. The molecule has 0 spiro atoms. The second kappa shape index (κ2) is 9.27. The van der Waals surface area contributed by atoms with Gasteiger partial charge in [0.05, 0.1) is 29.0 Å². The second-order valence-electron chi connectivity index (χ2n) is 10.0. The number of anilines is 1. The van der Waals surface area contributed by atoms with Crippen LogP contribution in [-0.4, -0.2) is 75.2 Å². The van der Waals surface area contributed by atoms with Gasteiger partial charge in [0.25, 0.3) is 0 Å². The monoisotopic (exact) mass is 466 g/mol. The molecule has 1 atom stereocenters. The molecule has 1 unspecified atom stereocenters. The molecule has 1 aromatic heterocycles. The molecule has 3 aromatic rings. The van der Waals surface area contributed by atoms with Gasteiger partial charge in [-0.05, 0) is 54.2 Å². The minimum Gasteiger partial charge on any atom is -0.485 e. The van der Waals surface area contributed by atoms with Crippen LogP contribution in [0.3, 0.4) is 0 Å². The number of carbonyl (C=O) groups is 1. The van der Waals surface area contributed by atoms with E-state index in [1.54, 1.807) is 12.1 Å². The molecule has 0 bridgehead atoms. The Bertz CT molecular complexity index is 1280. The van der Waals surface area contributed by atoms with Crippen molar-refractivity contribution in [3.63, 3.8) is 0 Å². The largest absolute Gasteiger partial charge is 0.485 e. The van der Waals surface area contributed by atoms with Gasteiger partial charge in [-0.1, -0.05) is 12.1 Å². The maximum atomic E-state index is 13.6. The van der Waals surface area contributed by atoms with Gasteiger partial charge >= 0.3 is 0 Å². The lowest BCUT2D eigenvalue weighted by Crippen LogP contribution is -2.57. The summed E-state index contributed by atoms with van der Waals surface area (Å²) in [6.07, 6.45) is 0.497. The molecule has 0 fully saturated rings. The Morgan fingerprint density at radius 1 is 1.15 bits per heavy atom. The van der Waals surface area contributed by atoms with Crippen LogP contribution < -0.4 is 20.8 Å². The van der Waals surface area contributed by atoms with Crippen LogP contribution in [0.15, 0.2) is 39.5 Å². The van der Waals surface area contributed by atoms with Crippen molar-refractivity contribution in [1.29, 1.82) is 0 Å². The summed E-state index contributed by atoms with van der Waals surface area (Å²) >= 11 is 0. The van der Waals surface area contributed by atoms with E-state index in [9.17, 15) is 9.59 Å². The van der Waals surface area contributed by atoms with E-state index in [0.29, 0.717) is 46.3 Å². The first-order valence-electron chi connectivity index (χ1n) is 11.6. The fraction of sp³-hybridized carbons (Fsp3) is 0.462. The molecule has 1 aliphatic rings. The molecular weight excluding hydrogens is 432 g/mol. The maximum Gasteiger partial charge on any atom is 0.234 e. The van der Waals surface area contributed by atoms with Crippen LogP contribution in [0.2, 0.25) is 0 Å². The quantitative estimate of drug-likeness (QED) is 0.518. The van der Waals surface area contributed by atoms with Gasteiger partial charge in [0.15, 0.2) is 0 Å². The smallest absolute Gasteiger partial charge is 0.234 e. The molecule has 0 saturated heterocycles. The highest BCUT2D eigenvalue weighted by Crippen LogP contribution is 2.41. The summed E-state index contributed by atoms with van der Waals surface area (Å²) in [7, 11) is 7.72. The van der Waals surface area contributed by atoms with Crippen molar-refractivity contribution in [2.24, 2.45) is 0 Å². The van der Waals surface area contributed by atoms with Crippen LogP contribution >= 0.6 is 0 Å². The fourth-order valence-corrected chi connectivity index (χ4v) is 4.40. The van der Waals surface area contributed by atoms with Crippen LogP contribution in [0.4, 0.5) is 5.69 Å². The lowest BCUT2D eigenvalue weighted by molar-refractivity contribution is -0.124. The minimum absolute atomic E-state index is 0.0756. The van der Waals surface area contributed by atoms with Crippen molar-refractivity contribution in [2.75, 3.05) is 53.1 Å². The van der Waals surface area contributed by atoms with Gasteiger partial charge in [-0.25, -0.2) is 0 Å². The topological polar surface area (TPSA) is 87.1 Å². The van der Waals surface area contributed by atoms with Gasteiger partial charge in [-0.15, -0.1) is 0 Å². The van der Waals surface area contributed by atoms with E-state index in [0.717, 1.165) is 12.1 Å². The fourth-order valence-electron chi connectivity index (χ4n) is 4.40. The number of likely N-dealkylation sites (N-methyl/N-ethyl adjacent to an activating group) is 2. The number of hydrogen-bond acceptors (Lipinski definition) is 7. The van der Waals surface area contributed by atoms with Gasteiger partial charge in [0.2, 0.25) is 11.3 Å². The molecule has 8 nitrogen and oxygen atoms in total. The standard InChI is InChI=1S/C26H34N4O4/c1-26(2)21(28-22(31)15-30(5)6)13-17-20(34-26)14-18(27-11-12-29(3)4)23-24(32)16-9-7-8-10-19(16)33-25(17)23/h7-10,14,21,27H,11-13,15H2,1-6H3,(H,28,31). The molecular formula is C26H34N4O4. The molecule has 2 N–H and O–H groups in total. The Hall–Kier alpha value is -3.10. The van der Waals surface area contributed by atoms with E-state index < -0.39 is 5.60 Å². The van der Waals surface area contributed by atoms with Gasteiger partial charge < -0.3 is 29.6 Å². The van der Waals surface area contributed by atoms with E-state index in [2.05, 4.69) is 15.5 Å². The van der Waals surface area contributed by atoms with E-state index in [1.807, 2.05) is 65.1 Å². The molecule has 182 valence electrons. The highest BCUT2D eigenvalue weighted by Gasteiger charge is 2.40. The zero-order chi connectivity index (χ0) is 24.6. The lowest BCUT2D eigenvalue weighted by Gasteiger charge is -2.40. The molecule has 1 amide bonds. The van der Waals surface area contributed by atoms with Crippen molar-refractivity contribution in [1.82, 2.24) is 15.1 Å². The minimum atomic E-state index is -0.638. The van der Waals surface area contributed by atoms with Crippen molar-refractivity contribution in [3.8, 4) is 5.75 Å². The maximum absolute atomic E-state index is 13.6. The summed E-state index contributed by atoms with van der Waals surface area (Å²) in [6, 6.07) is 8.90. The van der Waals surface area contributed by atoms with E-state index in [4.69, 9.17) is 9.15 Å². The summed E-state index contributed by atoms with van der Waals surface area (Å²) in [4.78, 5) is 30.0. The van der Waals surface area contributed by atoms with Gasteiger partial charge in [0, 0.05) is 31.1 Å². The number of fused-ring (bicyclic) bond motifs is 4. The van der Waals surface area contributed by atoms with E-state index in [-0.39, 0.29) is 23.9 Å². The first-order chi connectivity index (χ1) is 16.1. The molecule has 34 heavy (non-hydrogen) atoms. The van der Waals surface area contributed by atoms with Crippen LogP contribution in [0, 0.1) is 0 Å². The molecule has 0 saturated carbocycles. The average molecular weight is 467 g/mol. The van der Waals surface area contributed by atoms with E-state index in [1.165, 1.54) is 0 Å². The molecule has 2 heterocycles. The normalized spacial score (nSPS) is 17.1. The summed E-state index contributed by atoms with van der Waals surface area (Å²) in [5.74, 6) is 0.592. The number of amides is 1. The number of nitrogens with zero attached hydrogens (tertiary/aromatic N) is 2. The zero-order valence-corrected chi connectivity index (χ0v) is 20.8. The Labute approximate surface area is 199 Å². The van der Waals surface area contributed by atoms with Crippen molar-refractivity contribution in [3.05, 3.63) is 46.1 Å². The first kappa shape index (κ1) is 24.0. The van der Waals surface area contributed by atoms with Crippen molar-refractivity contribution in [2.45, 2.75) is 31.9 Å². The number of para-hydroxylation sites is 1. The van der Waals surface area contributed by atoms with Crippen LogP contribution in [-0.2, 0) is 11.2 Å². The molecule has 1 aliphatic heterocycles. The number of carbonyl (C=O) groups excluding carboxylic acids is 1. The van der Waals surface area contributed by atoms with Crippen LogP contribution in [0.25, 0.3) is 21.9 Å². The van der Waals surface area contributed by atoms with Crippen LogP contribution in [0.1, 0.15) is 19.4 Å². The summed E-state index contributed by atoms with van der Waals surface area (Å²) in [6.45, 7) is 5.70. The SMILES string of the molecule is CN(C)CCNc1cc2c(c3oc4ccccc4c(=O)c13)CC(NC(=O)CN(C)C)C(C)(C)O2. The Morgan fingerprint density at radius 3 is 2.59 bits per heavy atom. The average Bonchev–Trinajstić information content (AvgIpc) is 2.73. The third-order valence-corrected chi connectivity index (χ3v) is 6.20. The number of hydrogen-bond donors (Lipinski definition) is 2. The third kappa shape index (κ3) is 4.74. The van der Waals surface area contributed by atoms with Gasteiger partial charge in [-0.3, -0.25) is 9.59 Å². The lowest BCUT2D eigenvalue weighted by atomic mass is 9.87. The Morgan fingerprint density at radius 2 is 1.88 bits per heavy atom. The molecule has 0 radical (unpaired) electrons. The van der Waals surface area contributed by atoms with Crippen LogP contribution in [0.5, 0.6) is 5.75 Å². The molecule has 0 aliphatic carbocycles. The van der Waals surface area contributed by atoms with Gasteiger partial charge in [-0.2, -0.15) is 0 Å². The number of rotatable bonds is 7. The highest BCUT2D eigenvalue weighted by molar-refractivity contribution is 6.00. The van der Waals surface area contributed by atoms with E-state index >= 15 is 0 Å². The van der Waals surface area contributed by atoms with Gasteiger partial charge in [0.1, 0.15) is 22.5 Å². The second-order valence-corrected chi connectivity index (χ2v) is 10.0. The predicted molar refractivity (Wildman–Crippen MR) is 136 cm³/mol. The number of ether oxygens (including phenoxy) is 1. The van der Waals surface area contributed by atoms with Crippen molar-refractivity contribution >= 4 is 33.5 Å². The van der Waals surface area contributed by atoms with Crippen molar-refractivity contribution < 1.29 is 13.9 Å². The number of benzene rings is 2. The molecule has 8 heteroatoms. The number of nitrogens with one attached hydrogen (secondary N) is 2. The highest BCUT2D eigenvalue weighted by atomic mass is 16.5. The molecule has 2 aromatic carbocycles. The first-order valence-corrected chi connectivity index (χ1v) is 11.6. The summed E-state index contributed by atoms with van der Waals surface area (Å²) < 4.78 is 12.8. The summed E-state index contributed by atoms with van der Waals surface area (Å²) in [5, 5.41) is 7.57. The third-order valence-electron chi connectivity index (χ3n) is 6.20. The zero-order valence-electron chi connectivity index (χ0n) is 20.8. The Kier molecular flexibility index (Phi) is 6.55. The molecule has 4 rings (SSSR count). The Balaban J connectivity index is 1.85. The predicted octanol–water partition coefficient (Wildman–Crippen LogP) is 2.68.